The summed E-state index contributed by atoms with van der Waals surface area (Å²) in [6, 6.07) is 0. The SMILES string of the molecule is COC1=CC=C(C(O)OC[C@@H]2CC(=O)CCO2)CC1C. The van der Waals surface area contributed by atoms with E-state index in [4.69, 9.17) is 14.2 Å². The van der Waals surface area contributed by atoms with E-state index in [1.165, 1.54) is 0 Å². The van der Waals surface area contributed by atoms with Crippen molar-refractivity contribution in [3.05, 3.63) is 23.5 Å². The molecule has 2 rings (SSSR count). The molecule has 2 aliphatic rings. The molecule has 0 bridgehead atoms. The van der Waals surface area contributed by atoms with E-state index >= 15 is 0 Å². The summed E-state index contributed by atoms with van der Waals surface area (Å²) in [6.07, 6.45) is 4.05. The fourth-order valence-corrected chi connectivity index (χ4v) is 2.49. The first-order valence-corrected chi connectivity index (χ1v) is 6.97. The van der Waals surface area contributed by atoms with Gasteiger partial charge in [0.15, 0.2) is 6.29 Å². The number of aliphatic hydroxyl groups excluding tert-OH is 1. The van der Waals surface area contributed by atoms with Crippen molar-refractivity contribution < 1.29 is 24.1 Å². The molecule has 5 nitrogen and oxygen atoms in total. The lowest BCUT2D eigenvalue weighted by molar-refractivity contribution is -0.142. The summed E-state index contributed by atoms with van der Waals surface area (Å²) in [6.45, 7) is 2.72. The molecule has 1 aliphatic carbocycles. The molecule has 112 valence electrons. The van der Waals surface area contributed by atoms with Gasteiger partial charge in [-0.25, -0.2) is 0 Å². The van der Waals surface area contributed by atoms with Crippen LogP contribution in [-0.4, -0.2) is 43.6 Å². The molecule has 0 radical (unpaired) electrons. The summed E-state index contributed by atoms with van der Waals surface area (Å²) in [5.41, 5.74) is 0.820. The van der Waals surface area contributed by atoms with E-state index in [9.17, 15) is 9.90 Å². The first-order valence-electron chi connectivity index (χ1n) is 6.97. The molecule has 1 N–H and O–H groups in total. The van der Waals surface area contributed by atoms with Gasteiger partial charge in [-0.05, 0) is 18.1 Å². The highest BCUT2D eigenvalue weighted by molar-refractivity contribution is 5.79. The number of rotatable bonds is 5. The third-order valence-electron chi connectivity index (χ3n) is 3.67. The second-order valence-corrected chi connectivity index (χ2v) is 5.29. The van der Waals surface area contributed by atoms with E-state index in [2.05, 4.69) is 0 Å². The van der Waals surface area contributed by atoms with Gasteiger partial charge < -0.3 is 19.3 Å². The monoisotopic (exact) mass is 282 g/mol. The fourth-order valence-electron chi connectivity index (χ4n) is 2.49. The predicted octanol–water partition coefficient (Wildman–Crippen LogP) is 1.57. The highest BCUT2D eigenvalue weighted by Gasteiger charge is 2.24. The number of aliphatic hydroxyl groups is 1. The predicted molar refractivity (Wildman–Crippen MR) is 72.9 cm³/mol. The van der Waals surface area contributed by atoms with Gasteiger partial charge in [0.05, 0.1) is 32.2 Å². The van der Waals surface area contributed by atoms with Gasteiger partial charge in [0, 0.05) is 18.8 Å². The van der Waals surface area contributed by atoms with Crippen molar-refractivity contribution in [3.8, 4) is 0 Å². The van der Waals surface area contributed by atoms with Gasteiger partial charge in [-0.15, -0.1) is 0 Å². The molecule has 1 heterocycles. The van der Waals surface area contributed by atoms with Crippen LogP contribution >= 0.6 is 0 Å². The van der Waals surface area contributed by atoms with E-state index in [0.717, 1.165) is 11.3 Å². The van der Waals surface area contributed by atoms with E-state index in [1.54, 1.807) is 7.11 Å². The van der Waals surface area contributed by atoms with E-state index in [1.807, 2.05) is 19.1 Å². The minimum absolute atomic E-state index is 0.192. The summed E-state index contributed by atoms with van der Waals surface area (Å²) in [5, 5.41) is 10.0. The number of ether oxygens (including phenoxy) is 3. The number of hydrogen-bond donors (Lipinski definition) is 1. The topological polar surface area (TPSA) is 65.0 Å². The van der Waals surface area contributed by atoms with Crippen LogP contribution in [-0.2, 0) is 19.0 Å². The number of allylic oxidation sites excluding steroid dienone is 3. The number of ketones is 1. The van der Waals surface area contributed by atoms with Crippen molar-refractivity contribution in [2.75, 3.05) is 20.3 Å². The Balaban J connectivity index is 1.83. The van der Waals surface area contributed by atoms with Crippen molar-refractivity contribution in [1.82, 2.24) is 0 Å². The van der Waals surface area contributed by atoms with Crippen molar-refractivity contribution in [2.45, 2.75) is 38.6 Å². The van der Waals surface area contributed by atoms with Crippen LogP contribution in [0.3, 0.4) is 0 Å². The normalized spacial score (nSPS) is 28.6. The van der Waals surface area contributed by atoms with E-state index < -0.39 is 6.29 Å². The van der Waals surface area contributed by atoms with Crippen LogP contribution in [0.25, 0.3) is 0 Å². The number of carbonyl (C=O) groups is 1. The molecule has 5 heteroatoms. The first-order chi connectivity index (χ1) is 9.60. The maximum atomic E-state index is 11.3. The van der Waals surface area contributed by atoms with Crippen LogP contribution in [0.4, 0.5) is 0 Å². The maximum Gasteiger partial charge on any atom is 0.177 e. The fraction of sp³-hybridized carbons (Fsp3) is 0.667. The van der Waals surface area contributed by atoms with Gasteiger partial charge in [-0.2, -0.15) is 0 Å². The number of carbonyl (C=O) groups excluding carboxylic acids is 1. The van der Waals surface area contributed by atoms with Crippen LogP contribution < -0.4 is 0 Å². The molecule has 0 aromatic heterocycles. The highest BCUT2D eigenvalue weighted by atomic mass is 16.6. The Hall–Kier alpha value is -1.17. The number of methoxy groups -OCH3 is 1. The Morgan fingerprint density at radius 1 is 1.45 bits per heavy atom. The Kier molecular flexibility index (Phi) is 5.34. The number of Topliss-reactive ketones (excluding diaryl/α,β-unsaturated/α-hetero) is 1. The Morgan fingerprint density at radius 2 is 2.25 bits per heavy atom. The van der Waals surface area contributed by atoms with Crippen LogP contribution in [0.2, 0.25) is 0 Å². The lowest BCUT2D eigenvalue weighted by atomic mass is 9.93. The van der Waals surface area contributed by atoms with Crippen molar-refractivity contribution >= 4 is 5.78 Å². The maximum absolute atomic E-state index is 11.3. The summed E-state index contributed by atoms with van der Waals surface area (Å²) in [7, 11) is 1.64. The first kappa shape index (κ1) is 15.2. The standard InChI is InChI=1S/C15H22O5/c1-10-7-11(3-4-14(10)18-2)15(17)20-9-13-8-12(16)5-6-19-13/h3-4,10,13,15,17H,5-9H2,1-2H3/t10?,13-,15?/m0/s1. The molecule has 0 aromatic carbocycles. The van der Waals surface area contributed by atoms with Gasteiger partial charge >= 0.3 is 0 Å². The molecular weight excluding hydrogens is 260 g/mol. The van der Waals surface area contributed by atoms with Gasteiger partial charge in [0.25, 0.3) is 0 Å². The van der Waals surface area contributed by atoms with Crippen LogP contribution in [0.1, 0.15) is 26.2 Å². The van der Waals surface area contributed by atoms with Crippen LogP contribution in [0.15, 0.2) is 23.5 Å². The van der Waals surface area contributed by atoms with Gasteiger partial charge in [-0.1, -0.05) is 13.0 Å². The minimum atomic E-state index is -0.951. The van der Waals surface area contributed by atoms with Crippen molar-refractivity contribution in [2.24, 2.45) is 5.92 Å². The van der Waals surface area contributed by atoms with Gasteiger partial charge in [0.1, 0.15) is 5.78 Å². The van der Waals surface area contributed by atoms with Gasteiger partial charge in [0.2, 0.25) is 0 Å². The third-order valence-corrected chi connectivity index (χ3v) is 3.67. The molecule has 0 saturated carbocycles. The van der Waals surface area contributed by atoms with Crippen molar-refractivity contribution in [3.63, 3.8) is 0 Å². The molecule has 1 aliphatic heterocycles. The Labute approximate surface area is 119 Å². The second kappa shape index (κ2) is 7.02. The number of hydrogen-bond acceptors (Lipinski definition) is 5. The minimum Gasteiger partial charge on any atom is -0.501 e. The second-order valence-electron chi connectivity index (χ2n) is 5.29. The Bertz CT molecular complexity index is 412. The molecular formula is C15H22O5. The smallest absolute Gasteiger partial charge is 0.177 e. The summed E-state index contributed by atoms with van der Waals surface area (Å²) < 4.78 is 16.1. The quantitative estimate of drug-likeness (QED) is 0.775. The summed E-state index contributed by atoms with van der Waals surface area (Å²) in [5.74, 6) is 1.32. The van der Waals surface area contributed by atoms with Crippen LogP contribution in [0.5, 0.6) is 0 Å². The molecule has 0 aromatic rings. The van der Waals surface area contributed by atoms with E-state index in [0.29, 0.717) is 25.9 Å². The third kappa shape index (κ3) is 3.91. The zero-order valence-corrected chi connectivity index (χ0v) is 12.0. The average molecular weight is 282 g/mol. The van der Waals surface area contributed by atoms with Crippen LogP contribution in [0, 0.1) is 5.92 Å². The van der Waals surface area contributed by atoms with Gasteiger partial charge in [-0.3, -0.25) is 4.79 Å². The van der Waals surface area contributed by atoms with E-state index in [-0.39, 0.29) is 24.4 Å². The molecule has 1 saturated heterocycles. The lowest BCUT2D eigenvalue weighted by Gasteiger charge is -2.26. The zero-order chi connectivity index (χ0) is 14.5. The molecule has 1 fully saturated rings. The largest absolute Gasteiger partial charge is 0.501 e. The highest BCUT2D eigenvalue weighted by Crippen LogP contribution is 2.27. The summed E-state index contributed by atoms with van der Waals surface area (Å²) >= 11 is 0. The molecule has 0 amide bonds. The Morgan fingerprint density at radius 3 is 2.90 bits per heavy atom. The average Bonchev–Trinajstić information content (AvgIpc) is 2.44. The summed E-state index contributed by atoms with van der Waals surface area (Å²) in [4.78, 5) is 11.3. The molecule has 0 spiro atoms. The zero-order valence-electron chi connectivity index (χ0n) is 12.0. The lowest BCUT2D eigenvalue weighted by Crippen LogP contribution is -2.32. The molecule has 2 unspecified atom stereocenters. The van der Waals surface area contributed by atoms with Crippen molar-refractivity contribution in [1.29, 1.82) is 0 Å². The molecule has 20 heavy (non-hydrogen) atoms. The molecule has 3 atom stereocenters.